The zero-order valence-corrected chi connectivity index (χ0v) is 15.2. The van der Waals surface area contributed by atoms with Gasteiger partial charge in [0, 0.05) is 44.6 Å². The van der Waals surface area contributed by atoms with E-state index in [1.807, 2.05) is 50.2 Å². The Morgan fingerprint density at radius 3 is 2.56 bits per heavy atom. The average Bonchev–Trinajstić information content (AvgIpc) is 3.46. The van der Waals surface area contributed by atoms with Crippen LogP contribution in [0.4, 0.5) is 5.82 Å². The van der Waals surface area contributed by atoms with Crippen LogP contribution in [-0.2, 0) is 11.2 Å². The summed E-state index contributed by atoms with van der Waals surface area (Å²) >= 11 is 0. The van der Waals surface area contributed by atoms with Crippen molar-refractivity contribution in [3.63, 3.8) is 0 Å². The van der Waals surface area contributed by atoms with Crippen molar-refractivity contribution in [1.82, 2.24) is 15.3 Å². The highest BCUT2D eigenvalue weighted by Crippen LogP contribution is 2.38. The average molecular weight is 338 g/mol. The van der Waals surface area contributed by atoms with Crippen LogP contribution in [0.25, 0.3) is 0 Å². The van der Waals surface area contributed by atoms with Gasteiger partial charge in [0.1, 0.15) is 11.6 Å². The van der Waals surface area contributed by atoms with Gasteiger partial charge in [-0.2, -0.15) is 0 Å². The van der Waals surface area contributed by atoms with Gasteiger partial charge in [0.2, 0.25) is 5.91 Å². The van der Waals surface area contributed by atoms with Crippen LogP contribution in [0.3, 0.4) is 0 Å². The minimum absolute atomic E-state index is 0.0539. The van der Waals surface area contributed by atoms with Gasteiger partial charge < -0.3 is 10.2 Å². The van der Waals surface area contributed by atoms with Crippen molar-refractivity contribution >= 4 is 11.7 Å². The smallest absolute Gasteiger partial charge is 0.220 e. The summed E-state index contributed by atoms with van der Waals surface area (Å²) in [4.78, 5) is 23.5. The summed E-state index contributed by atoms with van der Waals surface area (Å²) in [6.07, 6.45) is 3.48. The summed E-state index contributed by atoms with van der Waals surface area (Å²) in [6, 6.07) is 12.0. The fourth-order valence-electron chi connectivity index (χ4n) is 2.80. The topological polar surface area (TPSA) is 58.1 Å². The van der Waals surface area contributed by atoms with E-state index in [0.29, 0.717) is 18.8 Å². The molecule has 0 bridgehead atoms. The van der Waals surface area contributed by atoms with Crippen LogP contribution >= 0.6 is 0 Å². The molecule has 1 saturated carbocycles. The summed E-state index contributed by atoms with van der Waals surface area (Å²) in [6.45, 7) is 1.87. The van der Waals surface area contributed by atoms with E-state index >= 15 is 0 Å². The molecule has 132 valence electrons. The fraction of sp³-hybridized carbons (Fsp3) is 0.450. The molecule has 1 aromatic carbocycles. The Balaban J connectivity index is 1.89. The van der Waals surface area contributed by atoms with Crippen molar-refractivity contribution in [3.8, 4) is 0 Å². The Morgan fingerprint density at radius 1 is 1.24 bits per heavy atom. The number of amides is 1. The predicted molar refractivity (Wildman–Crippen MR) is 99.7 cm³/mol. The van der Waals surface area contributed by atoms with Gasteiger partial charge >= 0.3 is 0 Å². The van der Waals surface area contributed by atoms with Crippen LogP contribution < -0.4 is 10.2 Å². The molecule has 1 aliphatic rings. The molecule has 3 rings (SSSR count). The number of carbonyl (C=O) groups excluding carboxylic acids is 1. The van der Waals surface area contributed by atoms with Crippen molar-refractivity contribution < 1.29 is 4.79 Å². The molecule has 5 nitrogen and oxygen atoms in total. The minimum Gasteiger partial charge on any atom is -0.363 e. The maximum atomic E-state index is 12.0. The van der Waals surface area contributed by atoms with E-state index in [4.69, 9.17) is 4.98 Å². The molecule has 1 atom stereocenters. The van der Waals surface area contributed by atoms with Gasteiger partial charge in [-0.05, 0) is 18.4 Å². The number of nitrogens with one attached hydrogen (secondary N) is 1. The van der Waals surface area contributed by atoms with Gasteiger partial charge in [0.05, 0.1) is 6.04 Å². The number of aromatic nitrogens is 2. The monoisotopic (exact) mass is 338 g/mol. The Bertz CT molecular complexity index is 705. The summed E-state index contributed by atoms with van der Waals surface area (Å²) in [7, 11) is 3.99. The van der Waals surface area contributed by atoms with E-state index < -0.39 is 0 Å². The molecule has 0 aliphatic heterocycles. The highest BCUT2D eigenvalue weighted by atomic mass is 16.1. The molecule has 2 aromatic rings. The van der Waals surface area contributed by atoms with Crippen molar-refractivity contribution in [2.75, 3.05) is 19.0 Å². The van der Waals surface area contributed by atoms with Gasteiger partial charge in [-0.1, -0.05) is 37.3 Å². The molecule has 1 fully saturated rings. The van der Waals surface area contributed by atoms with Crippen molar-refractivity contribution in [2.24, 2.45) is 0 Å². The third kappa shape index (κ3) is 4.56. The second-order valence-corrected chi connectivity index (χ2v) is 6.83. The maximum absolute atomic E-state index is 12.0. The van der Waals surface area contributed by atoms with E-state index in [0.717, 1.165) is 22.9 Å². The minimum atomic E-state index is -0.0781. The van der Waals surface area contributed by atoms with Crippen molar-refractivity contribution in [3.05, 3.63) is 53.5 Å². The Hall–Kier alpha value is -2.43. The third-order valence-electron chi connectivity index (χ3n) is 4.46. The SMILES string of the molecule is CCC(=O)N[C@@H](Cc1cc(N(C)C)nc(C2CC2)n1)c1ccccc1. The summed E-state index contributed by atoms with van der Waals surface area (Å²) in [5.74, 6) is 2.42. The highest BCUT2D eigenvalue weighted by Gasteiger charge is 2.28. The van der Waals surface area contributed by atoms with Crippen molar-refractivity contribution in [1.29, 1.82) is 0 Å². The number of hydrogen-bond donors (Lipinski definition) is 1. The lowest BCUT2D eigenvalue weighted by Crippen LogP contribution is -2.29. The molecular formula is C20H26N4O. The van der Waals surface area contributed by atoms with E-state index in [-0.39, 0.29) is 11.9 Å². The molecule has 5 heteroatoms. The van der Waals surface area contributed by atoms with Gasteiger partial charge in [-0.15, -0.1) is 0 Å². The molecule has 0 spiro atoms. The summed E-state index contributed by atoms with van der Waals surface area (Å²) < 4.78 is 0. The van der Waals surface area contributed by atoms with Crippen LogP contribution in [0.15, 0.2) is 36.4 Å². The summed E-state index contributed by atoms with van der Waals surface area (Å²) in [5, 5.41) is 3.13. The first kappa shape index (κ1) is 17.4. The van der Waals surface area contributed by atoms with E-state index in [1.165, 1.54) is 12.8 Å². The number of anilines is 1. The molecule has 1 amide bonds. The van der Waals surface area contributed by atoms with Gasteiger partial charge in [-0.3, -0.25) is 4.79 Å². The number of nitrogens with zero attached hydrogens (tertiary/aromatic N) is 3. The molecule has 1 N–H and O–H groups in total. The van der Waals surface area contributed by atoms with E-state index in [2.05, 4.69) is 22.4 Å². The second-order valence-electron chi connectivity index (χ2n) is 6.83. The molecule has 0 saturated heterocycles. The molecule has 0 unspecified atom stereocenters. The van der Waals surface area contributed by atoms with Crippen LogP contribution in [0.1, 0.15) is 55.2 Å². The van der Waals surface area contributed by atoms with Crippen LogP contribution in [-0.4, -0.2) is 30.0 Å². The third-order valence-corrected chi connectivity index (χ3v) is 4.46. The number of benzene rings is 1. The predicted octanol–water partition coefficient (Wildman–Crippen LogP) is 3.23. The van der Waals surface area contributed by atoms with Crippen LogP contribution in [0.2, 0.25) is 0 Å². The quantitative estimate of drug-likeness (QED) is 0.842. The molecule has 1 heterocycles. The molecule has 1 aliphatic carbocycles. The largest absolute Gasteiger partial charge is 0.363 e. The van der Waals surface area contributed by atoms with Gasteiger partial charge in [0.25, 0.3) is 0 Å². The van der Waals surface area contributed by atoms with E-state index in [1.54, 1.807) is 0 Å². The van der Waals surface area contributed by atoms with Gasteiger partial charge in [0.15, 0.2) is 0 Å². The van der Waals surface area contributed by atoms with Gasteiger partial charge in [-0.25, -0.2) is 9.97 Å². The lowest BCUT2D eigenvalue weighted by molar-refractivity contribution is -0.121. The highest BCUT2D eigenvalue weighted by molar-refractivity contribution is 5.76. The Labute approximate surface area is 149 Å². The number of rotatable bonds is 7. The first-order valence-electron chi connectivity index (χ1n) is 8.96. The zero-order valence-electron chi connectivity index (χ0n) is 15.2. The molecule has 25 heavy (non-hydrogen) atoms. The normalized spacial score (nSPS) is 14.8. The molecule has 0 radical (unpaired) electrons. The van der Waals surface area contributed by atoms with Crippen LogP contribution in [0, 0.1) is 0 Å². The molecular weight excluding hydrogens is 312 g/mol. The number of hydrogen-bond acceptors (Lipinski definition) is 4. The first-order valence-corrected chi connectivity index (χ1v) is 8.96. The lowest BCUT2D eigenvalue weighted by atomic mass is 10.0. The second kappa shape index (κ2) is 7.64. The molecule has 1 aromatic heterocycles. The maximum Gasteiger partial charge on any atom is 0.220 e. The number of carbonyl (C=O) groups is 1. The van der Waals surface area contributed by atoms with Crippen molar-refractivity contribution in [2.45, 2.75) is 44.6 Å². The zero-order chi connectivity index (χ0) is 17.8. The van der Waals surface area contributed by atoms with E-state index in [9.17, 15) is 4.79 Å². The lowest BCUT2D eigenvalue weighted by Gasteiger charge is -2.20. The standard InChI is InChI=1S/C20H26N4O/c1-4-19(25)22-17(14-8-6-5-7-9-14)12-16-13-18(24(2)3)23-20(21-16)15-10-11-15/h5-9,13,15,17H,4,10-12H2,1-3H3,(H,22,25)/t17-/m0/s1. The Morgan fingerprint density at radius 2 is 1.96 bits per heavy atom. The first-order chi connectivity index (χ1) is 12.1. The Kier molecular flexibility index (Phi) is 5.31. The van der Waals surface area contributed by atoms with Crippen LogP contribution in [0.5, 0.6) is 0 Å². The fourth-order valence-corrected chi connectivity index (χ4v) is 2.80. The summed E-state index contributed by atoms with van der Waals surface area (Å²) in [5.41, 5.74) is 2.08.